The SMILES string of the molecule is CCc1c(F)ccc2cc(OCOC)cc(-c3ccc4c(N5CCCC6(COC(=O)O6)C5)nc(OC[C@@]56CCCN5C[C@H](F)C6)nc4c3F)c12. The van der Waals surface area contributed by atoms with Gasteiger partial charge in [-0.3, -0.25) is 4.90 Å². The van der Waals surface area contributed by atoms with E-state index < -0.39 is 29.3 Å². The minimum absolute atomic E-state index is 0.0168. The summed E-state index contributed by atoms with van der Waals surface area (Å²) in [5, 5.41) is 1.70. The van der Waals surface area contributed by atoms with Crippen LogP contribution < -0.4 is 14.4 Å². The molecule has 4 aliphatic heterocycles. The topological polar surface area (TPSA) is 95.5 Å². The Bertz CT molecular complexity index is 1980. The lowest BCUT2D eigenvalue weighted by atomic mass is 9.91. The van der Waals surface area contributed by atoms with Gasteiger partial charge >= 0.3 is 12.2 Å². The highest BCUT2D eigenvalue weighted by atomic mass is 19.1. The second-order valence-corrected chi connectivity index (χ2v) is 13.9. The average molecular weight is 693 g/mol. The lowest BCUT2D eigenvalue weighted by molar-refractivity contribution is 0.0445. The van der Waals surface area contributed by atoms with Gasteiger partial charge in [-0.15, -0.1) is 0 Å². The number of anilines is 1. The molecule has 0 amide bonds. The first-order valence-electron chi connectivity index (χ1n) is 17.2. The molecule has 0 N–H and O–H groups in total. The summed E-state index contributed by atoms with van der Waals surface area (Å²) in [6.07, 6.45) is 2.12. The van der Waals surface area contributed by atoms with Gasteiger partial charge in [-0.05, 0) is 84.8 Å². The van der Waals surface area contributed by atoms with E-state index in [4.69, 9.17) is 28.7 Å². The fourth-order valence-electron chi connectivity index (χ4n) is 8.45. The quantitative estimate of drug-likeness (QED) is 0.139. The maximum atomic E-state index is 17.2. The number of cyclic esters (lactones) is 1. The van der Waals surface area contributed by atoms with Crippen molar-refractivity contribution in [2.45, 2.75) is 62.8 Å². The van der Waals surface area contributed by atoms with Gasteiger partial charge in [0.25, 0.3) is 0 Å². The summed E-state index contributed by atoms with van der Waals surface area (Å²) in [4.78, 5) is 25.5. The van der Waals surface area contributed by atoms with Crippen LogP contribution in [0.5, 0.6) is 11.8 Å². The molecule has 8 rings (SSSR count). The van der Waals surface area contributed by atoms with Crippen molar-refractivity contribution in [1.29, 1.82) is 0 Å². The number of rotatable bonds is 9. The Morgan fingerprint density at radius 3 is 2.70 bits per heavy atom. The molecule has 3 atom stereocenters. The standard InChI is InChI=1S/C37H39F3N4O6/c1-3-25-29(39)9-6-22-14-24(49-21-46-2)15-28(30(22)25)26-7-8-27-32(31(26)40)41-34(47-19-36-10-4-13-44(36)17-23(38)16-36)42-33(27)43-12-5-11-37(18-43)20-48-35(45)50-37/h6-9,14-15,23H,3-5,10-13,16-21H2,1-2H3/t23-,36+,37?/m1/s1. The third-order valence-corrected chi connectivity index (χ3v) is 10.7. The number of piperidine rings is 1. The van der Waals surface area contributed by atoms with E-state index in [1.807, 2.05) is 11.8 Å². The lowest BCUT2D eigenvalue weighted by Crippen LogP contribution is -2.50. The predicted molar refractivity (Wildman–Crippen MR) is 179 cm³/mol. The highest BCUT2D eigenvalue weighted by Crippen LogP contribution is 2.43. The van der Waals surface area contributed by atoms with Crippen molar-refractivity contribution in [3.05, 3.63) is 53.6 Å². The summed E-state index contributed by atoms with van der Waals surface area (Å²) in [6, 6.07) is 9.90. The van der Waals surface area contributed by atoms with E-state index in [-0.39, 0.29) is 49.5 Å². The summed E-state index contributed by atoms with van der Waals surface area (Å²) in [5.41, 5.74) is -0.200. The smallest absolute Gasteiger partial charge is 0.468 e. The minimum Gasteiger partial charge on any atom is -0.468 e. The third kappa shape index (κ3) is 5.64. The molecule has 1 unspecified atom stereocenters. The molecule has 0 bridgehead atoms. The molecule has 1 spiro atoms. The number of aromatic nitrogens is 2. The maximum Gasteiger partial charge on any atom is 0.509 e. The first-order valence-corrected chi connectivity index (χ1v) is 17.2. The van der Waals surface area contributed by atoms with Crippen LogP contribution in [0.4, 0.5) is 23.8 Å². The van der Waals surface area contributed by atoms with E-state index in [1.165, 1.54) is 13.2 Å². The number of halogens is 3. The van der Waals surface area contributed by atoms with Gasteiger partial charge in [-0.2, -0.15) is 9.97 Å². The second-order valence-electron chi connectivity index (χ2n) is 13.9. The number of methoxy groups -OCH3 is 1. The monoisotopic (exact) mass is 692 g/mol. The Morgan fingerprint density at radius 1 is 1.04 bits per heavy atom. The number of nitrogens with zero attached hydrogens (tertiary/aromatic N) is 4. The normalized spacial score (nSPS) is 25.0. The van der Waals surface area contributed by atoms with E-state index in [0.717, 1.165) is 19.4 Å². The van der Waals surface area contributed by atoms with Crippen LogP contribution in [-0.4, -0.2) is 91.6 Å². The second kappa shape index (κ2) is 12.8. The summed E-state index contributed by atoms with van der Waals surface area (Å²) in [5.74, 6) is -0.160. The molecule has 4 saturated heterocycles. The molecule has 264 valence electrons. The largest absolute Gasteiger partial charge is 0.509 e. The van der Waals surface area contributed by atoms with Crippen LogP contribution in [0.1, 0.15) is 44.6 Å². The van der Waals surface area contributed by atoms with Gasteiger partial charge in [-0.1, -0.05) is 19.1 Å². The highest BCUT2D eigenvalue weighted by Gasteiger charge is 2.50. The number of carbonyl (C=O) groups excluding carboxylic acids is 1. The van der Waals surface area contributed by atoms with Crippen LogP contribution in [0.3, 0.4) is 0 Å². The fourth-order valence-corrected chi connectivity index (χ4v) is 8.45. The van der Waals surface area contributed by atoms with Gasteiger partial charge in [0.15, 0.2) is 18.2 Å². The van der Waals surface area contributed by atoms with E-state index in [9.17, 15) is 9.18 Å². The molecule has 1 aromatic heterocycles. The van der Waals surface area contributed by atoms with Gasteiger partial charge in [0, 0.05) is 37.6 Å². The molecule has 4 fully saturated rings. The van der Waals surface area contributed by atoms with Crippen molar-refractivity contribution in [1.82, 2.24) is 14.9 Å². The molecule has 0 saturated carbocycles. The fraction of sp³-hybridized carbons (Fsp3) is 0.486. The molecule has 0 radical (unpaired) electrons. The number of benzene rings is 3. The van der Waals surface area contributed by atoms with Crippen molar-refractivity contribution in [2.75, 3.05) is 58.2 Å². The van der Waals surface area contributed by atoms with Crippen LogP contribution in [-0.2, 0) is 20.6 Å². The lowest BCUT2D eigenvalue weighted by Gasteiger charge is -2.38. The Labute approximate surface area is 287 Å². The van der Waals surface area contributed by atoms with E-state index in [1.54, 1.807) is 30.3 Å². The van der Waals surface area contributed by atoms with Crippen LogP contribution in [0, 0.1) is 11.6 Å². The molecule has 5 heterocycles. The van der Waals surface area contributed by atoms with Crippen LogP contribution in [0.2, 0.25) is 0 Å². The van der Waals surface area contributed by atoms with Gasteiger partial charge in [-0.25, -0.2) is 18.0 Å². The molecular formula is C37H39F3N4O6. The number of alkyl halides is 1. The van der Waals surface area contributed by atoms with Crippen LogP contribution in [0.15, 0.2) is 36.4 Å². The summed E-state index contributed by atoms with van der Waals surface area (Å²) < 4.78 is 75.0. The molecule has 50 heavy (non-hydrogen) atoms. The Kier molecular flexibility index (Phi) is 8.37. The number of hydrogen-bond donors (Lipinski definition) is 0. The van der Waals surface area contributed by atoms with Gasteiger partial charge in [0.1, 0.15) is 42.3 Å². The zero-order valence-electron chi connectivity index (χ0n) is 28.1. The maximum absolute atomic E-state index is 17.2. The molecule has 0 aliphatic carbocycles. The zero-order chi connectivity index (χ0) is 34.6. The van der Waals surface area contributed by atoms with E-state index in [2.05, 4.69) is 9.88 Å². The number of carbonyl (C=O) groups is 1. The predicted octanol–water partition coefficient (Wildman–Crippen LogP) is 6.73. The van der Waals surface area contributed by atoms with Crippen molar-refractivity contribution in [3.63, 3.8) is 0 Å². The zero-order valence-corrected chi connectivity index (χ0v) is 28.1. The van der Waals surface area contributed by atoms with Gasteiger partial charge < -0.3 is 28.6 Å². The Morgan fingerprint density at radius 2 is 1.90 bits per heavy atom. The average Bonchev–Trinajstić information content (AvgIpc) is 3.77. The summed E-state index contributed by atoms with van der Waals surface area (Å²) in [6.45, 7) is 4.13. The van der Waals surface area contributed by atoms with Crippen molar-refractivity contribution >= 4 is 33.6 Å². The molecular weight excluding hydrogens is 653 g/mol. The Hall–Kier alpha value is -4.36. The summed E-state index contributed by atoms with van der Waals surface area (Å²) >= 11 is 0. The number of ether oxygens (including phenoxy) is 5. The van der Waals surface area contributed by atoms with Crippen molar-refractivity contribution in [3.8, 4) is 22.9 Å². The Balaban J connectivity index is 1.27. The van der Waals surface area contributed by atoms with Crippen LogP contribution >= 0.6 is 0 Å². The van der Waals surface area contributed by atoms with E-state index >= 15 is 8.78 Å². The van der Waals surface area contributed by atoms with Crippen molar-refractivity contribution < 1.29 is 41.7 Å². The van der Waals surface area contributed by atoms with Crippen LogP contribution in [0.25, 0.3) is 32.8 Å². The first kappa shape index (κ1) is 32.8. The van der Waals surface area contributed by atoms with Gasteiger partial charge in [0.05, 0.1) is 12.1 Å². The first-order chi connectivity index (χ1) is 24.2. The van der Waals surface area contributed by atoms with Gasteiger partial charge in [0.2, 0.25) is 0 Å². The molecule has 3 aromatic carbocycles. The minimum atomic E-state index is -0.941. The molecule has 10 nitrogen and oxygen atoms in total. The number of fused-ring (bicyclic) bond motifs is 3. The molecule has 13 heteroatoms. The van der Waals surface area contributed by atoms with E-state index in [0.29, 0.717) is 77.6 Å². The third-order valence-electron chi connectivity index (χ3n) is 10.7. The highest BCUT2D eigenvalue weighted by molar-refractivity contribution is 6.03. The number of aryl methyl sites for hydroxylation is 1. The number of hydrogen-bond acceptors (Lipinski definition) is 10. The summed E-state index contributed by atoms with van der Waals surface area (Å²) in [7, 11) is 1.51. The van der Waals surface area contributed by atoms with Crippen molar-refractivity contribution in [2.24, 2.45) is 0 Å². The molecule has 4 aliphatic rings. The molecule has 4 aromatic rings.